The van der Waals surface area contributed by atoms with Gasteiger partial charge in [0.05, 0.1) is 41.0 Å². The molecule has 4 N–H and O–H groups in total. The number of nitrogens with zero attached hydrogens (tertiary/aromatic N) is 3. The molecule has 2 aromatic heterocycles. The molecule has 3 heterocycles. The van der Waals surface area contributed by atoms with Crippen molar-refractivity contribution < 1.29 is 18.3 Å². The summed E-state index contributed by atoms with van der Waals surface area (Å²) in [6.07, 6.45) is 5.27. The summed E-state index contributed by atoms with van der Waals surface area (Å²) in [5.74, 6) is -2.29. The summed E-state index contributed by atoms with van der Waals surface area (Å²) >= 11 is 0. The molecule has 6 nitrogen and oxygen atoms in total. The van der Waals surface area contributed by atoms with Crippen LogP contribution in [0.25, 0.3) is 11.3 Å². The Morgan fingerprint density at radius 3 is 2.54 bits per heavy atom. The molecule has 2 unspecified atom stereocenters. The average molecular weight is 484 g/mol. The maximum absolute atomic E-state index is 14.8. The van der Waals surface area contributed by atoms with Gasteiger partial charge in [-0.15, -0.1) is 0 Å². The van der Waals surface area contributed by atoms with Crippen LogP contribution >= 0.6 is 0 Å². The molecule has 3 aromatic rings. The number of rotatable bonds is 6. The predicted octanol–water partition coefficient (Wildman–Crippen LogP) is 4.33. The Morgan fingerprint density at radius 1 is 1.11 bits per heavy atom. The molecule has 184 valence electrons. The molecule has 1 aliphatic carbocycles. The lowest BCUT2D eigenvalue weighted by atomic mass is 9.96. The summed E-state index contributed by atoms with van der Waals surface area (Å²) in [7, 11) is 0. The van der Waals surface area contributed by atoms with Crippen LogP contribution < -0.4 is 16.0 Å². The van der Waals surface area contributed by atoms with E-state index in [1.165, 1.54) is 6.07 Å². The Labute approximate surface area is 202 Å². The van der Waals surface area contributed by atoms with Gasteiger partial charge in [-0.2, -0.15) is 0 Å². The molecule has 0 radical (unpaired) electrons. The number of piperidine rings is 1. The van der Waals surface area contributed by atoms with Gasteiger partial charge in [0.2, 0.25) is 0 Å². The molecule has 2 fully saturated rings. The third-order valence-corrected chi connectivity index (χ3v) is 6.73. The summed E-state index contributed by atoms with van der Waals surface area (Å²) < 4.78 is 44.3. The van der Waals surface area contributed by atoms with Crippen LogP contribution in [0.4, 0.5) is 24.5 Å². The van der Waals surface area contributed by atoms with Crippen molar-refractivity contribution in [2.75, 3.05) is 23.3 Å². The molecule has 2 atom stereocenters. The molecule has 1 saturated carbocycles. The van der Waals surface area contributed by atoms with Gasteiger partial charge in [0.15, 0.2) is 0 Å². The van der Waals surface area contributed by atoms with Gasteiger partial charge in [-0.05, 0) is 61.1 Å². The Kier molecular flexibility index (Phi) is 6.14. The Hall–Kier alpha value is -3.17. The highest BCUT2D eigenvalue weighted by atomic mass is 19.1. The zero-order valence-electron chi connectivity index (χ0n) is 19.4. The smallest absolute Gasteiger partial charge is 0.149 e. The molecule has 1 aromatic carbocycles. The molecule has 9 heteroatoms. The van der Waals surface area contributed by atoms with Crippen molar-refractivity contribution in [3.05, 3.63) is 71.4 Å². The van der Waals surface area contributed by atoms with Gasteiger partial charge in [0, 0.05) is 25.3 Å². The van der Waals surface area contributed by atoms with E-state index in [0.717, 1.165) is 49.1 Å². The Balaban J connectivity index is 1.39. The van der Waals surface area contributed by atoms with E-state index in [1.54, 1.807) is 12.4 Å². The molecule has 1 aliphatic heterocycles. The highest BCUT2D eigenvalue weighted by Gasteiger charge is 2.43. The largest absolute Gasteiger partial charge is 0.385 e. The first-order valence-corrected chi connectivity index (χ1v) is 11.8. The summed E-state index contributed by atoms with van der Waals surface area (Å²) in [5.41, 5.74) is 6.35. The summed E-state index contributed by atoms with van der Waals surface area (Å²) in [6, 6.07) is 6.73. The summed E-state index contributed by atoms with van der Waals surface area (Å²) in [5, 5.41) is 13.5. The van der Waals surface area contributed by atoms with E-state index >= 15 is 0 Å². The number of halogens is 3. The number of aliphatic hydroxyl groups is 1. The van der Waals surface area contributed by atoms with Crippen LogP contribution in [0.3, 0.4) is 0 Å². The van der Waals surface area contributed by atoms with E-state index in [1.807, 2.05) is 6.07 Å². The molecule has 0 spiro atoms. The van der Waals surface area contributed by atoms with Gasteiger partial charge < -0.3 is 21.1 Å². The SMILES string of the molecule is CC1CC(N)CN(c2ccncc2NCc2ccc(F)c(-c3c(F)cc(C4(O)CC4)cc3F)n2)C1. The average Bonchev–Trinajstić information content (AvgIpc) is 3.57. The maximum atomic E-state index is 14.8. The lowest BCUT2D eigenvalue weighted by molar-refractivity contribution is 0.150. The van der Waals surface area contributed by atoms with Crippen molar-refractivity contribution in [2.45, 2.75) is 44.4 Å². The first kappa shape index (κ1) is 23.6. The Morgan fingerprint density at radius 2 is 1.86 bits per heavy atom. The molecule has 0 bridgehead atoms. The van der Waals surface area contributed by atoms with Crippen LogP contribution in [0, 0.1) is 23.4 Å². The monoisotopic (exact) mass is 483 g/mol. The van der Waals surface area contributed by atoms with E-state index in [2.05, 4.69) is 27.1 Å². The molecule has 0 amide bonds. The minimum absolute atomic E-state index is 0.0814. The van der Waals surface area contributed by atoms with Gasteiger partial charge >= 0.3 is 0 Å². The highest BCUT2D eigenvalue weighted by molar-refractivity contribution is 5.69. The van der Waals surface area contributed by atoms with E-state index in [0.29, 0.717) is 24.5 Å². The second kappa shape index (κ2) is 9.13. The van der Waals surface area contributed by atoms with Crippen molar-refractivity contribution in [2.24, 2.45) is 11.7 Å². The van der Waals surface area contributed by atoms with Crippen LogP contribution in [-0.2, 0) is 12.1 Å². The number of hydrogen-bond donors (Lipinski definition) is 3. The molecular formula is C26H28F3N5O. The van der Waals surface area contributed by atoms with Crippen molar-refractivity contribution >= 4 is 11.4 Å². The van der Waals surface area contributed by atoms with Gasteiger partial charge in [-0.25, -0.2) is 18.2 Å². The minimum atomic E-state index is -1.20. The van der Waals surface area contributed by atoms with Crippen LogP contribution in [0.15, 0.2) is 42.7 Å². The fourth-order valence-corrected chi connectivity index (χ4v) is 4.81. The first-order valence-electron chi connectivity index (χ1n) is 11.8. The third kappa shape index (κ3) is 4.83. The number of anilines is 2. The zero-order chi connectivity index (χ0) is 24.7. The molecular weight excluding hydrogens is 455 g/mol. The van der Waals surface area contributed by atoms with Gasteiger partial charge in [0.1, 0.15) is 23.1 Å². The van der Waals surface area contributed by atoms with Gasteiger partial charge in [0.25, 0.3) is 0 Å². The number of pyridine rings is 2. The van der Waals surface area contributed by atoms with Crippen molar-refractivity contribution in [1.29, 1.82) is 0 Å². The van der Waals surface area contributed by atoms with E-state index in [4.69, 9.17) is 5.73 Å². The molecule has 2 aliphatic rings. The topological polar surface area (TPSA) is 87.3 Å². The number of benzene rings is 1. The quantitative estimate of drug-likeness (QED) is 0.484. The van der Waals surface area contributed by atoms with E-state index < -0.39 is 34.3 Å². The normalized spacial score (nSPS) is 21.1. The lowest BCUT2D eigenvalue weighted by Gasteiger charge is -2.37. The predicted molar refractivity (Wildman–Crippen MR) is 128 cm³/mol. The number of aromatic nitrogens is 2. The molecule has 35 heavy (non-hydrogen) atoms. The van der Waals surface area contributed by atoms with E-state index in [9.17, 15) is 18.3 Å². The molecule has 5 rings (SSSR count). The first-order chi connectivity index (χ1) is 16.7. The second-order valence-corrected chi connectivity index (χ2v) is 9.73. The van der Waals surface area contributed by atoms with Crippen molar-refractivity contribution in [1.82, 2.24) is 9.97 Å². The van der Waals surface area contributed by atoms with Crippen LogP contribution in [0.1, 0.15) is 37.4 Å². The van der Waals surface area contributed by atoms with Gasteiger partial charge in [-0.1, -0.05) is 6.92 Å². The maximum Gasteiger partial charge on any atom is 0.149 e. The molecule has 1 saturated heterocycles. The van der Waals surface area contributed by atoms with Crippen LogP contribution in [0.2, 0.25) is 0 Å². The standard InChI is InChI=1S/C26H28F3N5O/c1-15-8-17(30)14-34(13-15)23-4-7-31-12-22(23)32-11-18-2-3-19(27)25(33-18)24-20(28)9-16(10-21(24)29)26(35)5-6-26/h2-4,7,9-10,12,15,17,32,35H,5-6,8,11,13-14,30H2,1H3. The summed E-state index contributed by atoms with van der Waals surface area (Å²) in [6.45, 7) is 3.96. The van der Waals surface area contributed by atoms with Crippen LogP contribution in [0.5, 0.6) is 0 Å². The van der Waals surface area contributed by atoms with Crippen molar-refractivity contribution in [3.63, 3.8) is 0 Å². The zero-order valence-corrected chi connectivity index (χ0v) is 19.4. The van der Waals surface area contributed by atoms with Crippen molar-refractivity contribution in [3.8, 4) is 11.3 Å². The van der Waals surface area contributed by atoms with Gasteiger partial charge in [-0.3, -0.25) is 4.98 Å². The fraction of sp³-hybridized carbons (Fsp3) is 0.385. The minimum Gasteiger partial charge on any atom is -0.385 e. The fourth-order valence-electron chi connectivity index (χ4n) is 4.81. The van der Waals surface area contributed by atoms with Crippen LogP contribution in [-0.4, -0.2) is 34.2 Å². The second-order valence-electron chi connectivity index (χ2n) is 9.73. The highest BCUT2D eigenvalue weighted by Crippen LogP contribution is 2.46. The lowest BCUT2D eigenvalue weighted by Crippen LogP contribution is -2.46. The summed E-state index contributed by atoms with van der Waals surface area (Å²) in [4.78, 5) is 10.6. The number of nitrogens with two attached hydrogens (primary N) is 1. The third-order valence-electron chi connectivity index (χ3n) is 6.73. The van der Waals surface area contributed by atoms with E-state index in [-0.39, 0.29) is 18.2 Å². The number of nitrogens with one attached hydrogen (secondary N) is 1. The number of hydrogen-bond acceptors (Lipinski definition) is 6. The Bertz CT molecular complexity index is 1220.